The summed E-state index contributed by atoms with van der Waals surface area (Å²) >= 11 is 2.33. The molecule has 0 spiro atoms. The minimum absolute atomic E-state index is 0. The first-order chi connectivity index (χ1) is 6.25. The molecule has 1 aromatic carbocycles. The van der Waals surface area contributed by atoms with Gasteiger partial charge in [-0.3, -0.25) is 0 Å². The summed E-state index contributed by atoms with van der Waals surface area (Å²) in [5.74, 6) is 0.910. The van der Waals surface area contributed by atoms with E-state index < -0.39 is 0 Å². The van der Waals surface area contributed by atoms with Crippen LogP contribution >= 0.6 is 35.0 Å². The van der Waals surface area contributed by atoms with Crippen molar-refractivity contribution in [2.75, 3.05) is 0 Å². The van der Waals surface area contributed by atoms with Crippen molar-refractivity contribution in [1.29, 1.82) is 0 Å². The molecule has 0 amide bonds. The molecule has 2 N–H and O–H groups in total. The molecule has 1 aliphatic carbocycles. The van der Waals surface area contributed by atoms with Crippen LogP contribution in [0.2, 0.25) is 0 Å². The Morgan fingerprint density at radius 2 is 2.14 bits per heavy atom. The maximum Gasteiger partial charge on any atom is 0.0297 e. The third-order valence-corrected chi connectivity index (χ3v) is 3.23. The summed E-state index contributed by atoms with van der Waals surface area (Å²) in [7, 11) is 0. The van der Waals surface area contributed by atoms with Gasteiger partial charge in [-0.05, 0) is 52.6 Å². The number of rotatable bonds is 3. The van der Waals surface area contributed by atoms with Gasteiger partial charge in [0.2, 0.25) is 0 Å². The van der Waals surface area contributed by atoms with Gasteiger partial charge in [0.15, 0.2) is 0 Å². The van der Waals surface area contributed by atoms with Crippen molar-refractivity contribution in [2.24, 2.45) is 11.7 Å². The lowest BCUT2D eigenvalue weighted by Gasteiger charge is -2.11. The molecule has 0 heterocycles. The van der Waals surface area contributed by atoms with Crippen LogP contribution in [0.4, 0.5) is 0 Å². The van der Waals surface area contributed by atoms with Crippen LogP contribution in [0.25, 0.3) is 0 Å². The number of halogens is 2. The van der Waals surface area contributed by atoms with E-state index in [1.54, 1.807) is 0 Å². The minimum atomic E-state index is 0. The molecule has 0 aromatic heterocycles. The minimum Gasteiger partial charge on any atom is -0.324 e. The maximum absolute atomic E-state index is 6.10. The highest BCUT2D eigenvalue weighted by Gasteiger charge is 2.24. The molecule has 0 aliphatic heterocycles. The highest BCUT2D eigenvalue weighted by atomic mass is 127. The SMILES string of the molecule is Cl.N[C@@H](CC1CC1)c1cccc(I)c1. The normalized spacial score (nSPS) is 17.3. The van der Waals surface area contributed by atoms with Crippen LogP contribution in [0.1, 0.15) is 30.9 Å². The molecule has 3 heteroatoms. The Kier molecular flexibility index (Phi) is 4.67. The molecule has 78 valence electrons. The van der Waals surface area contributed by atoms with Gasteiger partial charge in [0, 0.05) is 9.61 Å². The fourth-order valence-corrected chi connectivity index (χ4v) is 2.15. The zero-order valence-electron chi connectivity index (χ0n) is 7.95. The molecule has 1 aromatic rings. The van der Waals surface area contributed by atoms with E-state index in [0.29, 0.717) is 0 Å². The standard InChI is InChI=1S/C11H14IN.ClH/c12-10-3-1-2-9(7-10)11(13)6-8-4-5-8;/h1-3,7-8,11H,4-6,13H2;1H/t11-;/m0./s1. The zero-order valence-corrected chi connectivity index (χ0v) is 10.9. The largest absolute Gasteiger partial charge is 0.324 e. The summed E-state index contributed by atoms with van der Waals surface area (Å²) in [4.78, 5) is 0. The molecule has 2 rings (SSSR count). The van der Waals surface area contributed by atoms with Gasteiger partial charge < -0.3 is 5.73 Å². The molecule has 0 bridgehead atoms. The first kappa shape index (κ1) is 12.3. The highest BCUT2D eigenvalue weighted by molar-refractivity contribution is 14.1. The van der Waals surface area contributed by atoms with Crippen LogP contribution in [-0.4, -0.2) is 0 Å². The lowest BCUT2D eigenvalue weighted by molar-refractivity contribution is 0.597. The first-order valence-corrected chi connectivity index (χ1v) is 5.84. The average Bonchev–Trinajstić information content (AvgIpc) is 2.88. The third kappa shape index (κ3) is 3.41. The van der Waals surface area contributed by atoms with E-state index in [4.69, 9.17) is 5.73 Å². The Morgan fingerprint density at radius 1 is 1.43 bits per heavy atom. The van der Waals surface area contributed by atoms with Gasteiger partial charge in [-0.2, -0.15) is 0 Å². The van der Waals surface area contributed by atoms with Gasteiger partial charge in [0.25, 0.3) is 0 Å². The molecular weight excluding hydrogens is 308 g/mol. The zero-order chi connectivity index (χ0) is 9.26. The summed E-state index contributed by atoms with van der Waals surface area (Å²) in [5, 5.41) is 0. The van der Waals surface area contributed by atoms with Crippen molar-refractivity contribution in [3.63, 3.8) is 0 Å². The molecule has 1 atom stereocenters. The molecule has 14 heavy (non-hydrogen) atoms. The maximum atomic E-state index is 6.10. The second kappa shape index (κ2) is 5.33. The van der Waals surface area contributed by atoms with E-state index in [2.05, 4.69) is 46.9 Å². The van der Waals surface area contributed by atoms with Gasteiger partial charge in [-0.1, -0.05) is 25.0 Å². The van der Waals surface area contributed by atoms with Gasteiger partial charge >= 0.3 is 0 Å². The van der Waals surface area contributed by atoms with Crippen LogP contribution < -0.4 is 5.73 Å². The molecule has 1 fully saturated rings. The molecule has 0 saturated heterocycles. The van der Waals surface area contributed by atoms with Gasteiger partial charge in [-0.15, -0.1) is 12.4 Å². The van der Waals surface area contributed by atoms with Crippen molar-refractivity contribution in [3.05, 3.63) is 33.4 Å². The van der Waals surface area contributed by atoms with Crippen LogP contribution in [0.15, 0.2) is 24.3 Å². The van der Waals surface area contributed by atoms with Crippen molar-refractivity contribution in [1.82, 2.24) is 0 Å². The Balaban J connectivity index is 0.000000980. The molecular formula is C11H15ClIN. The monoisotopic (exact) mass is 323 g/mol. The van der Waals surface area contributed by atoms with Gasteiger partial charge in [0.1, 0.15) is 0 Å². The summed E-state index contributed by atoms with van der Waals surface area (Å²) < 4.78 is 1.28. The van der Waals surface area contributed by atoms with Gasteiger partial charge in [0.05, 0.1) is 0 Å². The van der Waals surface area contributed by atoms with E-state index in [1.807, 2.05) is 0 Å². The van der Waals surface area contributed by atoms with Crippen molar-refractivity contribution >= 4 is 35.0 Å². The Morgan fingerprint density at radius 3 is 2.71 bits per heavy atom. The predicted molar refractivity (Wildman–Crippen MR) is 70.7 cm³/mol. The Labute approximate surface area is 105 Å². The first-order valence-electron chi connectivity index (χ1n) is 4.77. The second-order valence-electron chi connectivity index (χ2n) is 3.84. The Hall–Kier alpha value is 0.200. The molecule has 1 nitrogen and oxygen atoms in total. The number of benzene rings is 1. The number of nitrogens with two attached hydrogens (primary N) is 1. The lowest BCUT2D eigenvalue weighted by Crippen LogP contribution is -2.10. The molecule has 0 radical (unpaired) electrons. The molecule has 1 saturated carbocycles. The van der Waals surface area contributed by atoms with E-state index in [9.17, 15) is 0 Å². The van der Waals surface area contributed by atoms with Gasteiger partial charge in [-0.25, -0.2) is 0 Å². The summed E-state index contributed by atoms with van der Waals surface area (Å²) in [6, 6.07) is 8.77. The summed E-state index contributed by atoms with van der Waals surface area (Å²) in [6.45, 7) is 0. The second-order valence-corrected chi connectivity index (χ2v) is 5.09. The van der Waals surface area contributed by atoms with Crippen LogP contribution in [-0.2, 0) is 0 Å². The fraction of sp³-hybridized carbons (Fsp3) is 0.455. The smallest absolute Gasteiger partial charge is 0.0297 e. The summed E-state index contributed by atoms with van der Waals surface area (Å²) in [5.41, 5.74) is 7.39. The van der Waals surface area contributed by atoms with E-state index in [0.717, 1.165) is 5.92 Å². The van der Waals surface area contributed by atoms with Crippen molar-refractivity contribution in [2.45, 2.75) is 25.3 Å². The number of hydrogen-bond acceptors (Lipinski definition) is 1. The van der Waals surface area contributed by atoms with Crippen LogP contribution in [0, 0.1) is 9.49 Å². The summed E-state index contributed by atoms with van der Waals surface area (Å²) in [6.07, 6.45) is 3.94. The predicted octanol–water partition coefficient (Wildman–Crippen LogP) is 3.51. The van der Waals surface area contributed by atoms with Crippen molar-refractivity contribution in [3.8, 4) is 0 Å². The van der Waals surface area contributed by atoms with E-state index >= 15 is 0 Å². The van der Waals surface area contributed by atoms with E-state index in [1.165, 1.54) is 28.4 Å². The van der Waals surface area contributed by atoms with Crippen LogP contribution in [0.3, 0.4) is 0 Å². The molecule has 0 unspecified atom stereocenters. The third-order valence-electron chi connectivity index (χ3n) is 2.56. The van der Waals surface area contributed by atoms with Crippen LogP contribution in [0.5, 0.6) is 0 Å². The van der Waals surface area contributed by atoms with Crippen molar-refractivity contribution < 1.29 is 0 Å². The molecule has 1 aliphatic rings. The number of hydrogen-bond donors (Lipinski definition) is 1. The highest BCUT2D eigenvalue weighted by Crippen LogP contribution is 2.36. The fourth-order valence-electron chi connectivity index (χ4n) is 1.59. The average molecular weight is 324 g/mol. The van der Waals surface area contributed by atoms with E-state index in [-0.39, 0.29) is 18.4 Å². The quantitative estimate of drug-likeness (QED) is 0.846. The lowest BCUT2D eigenvalue weighted by atomic mass is 10.0. The topological polar surface area (TPSA) is 26.0 Å². The Bertz CT molecular complexity index is 299.